The number of carbonyl (C=O) groups is 2. The zero-order valence-electron chi connectivity index (χ0n) is 9.45. The summed E-state index contributed by atoms with van der Waals surface area (Å²) in [6.07, 6.45) is 1.92. The van der Waals surface area contributed by atoms with E-state index in [2.05, 4.69) is 10.6 Å². The minimum absolute atomic E-state index is 0.138. The Kier molecular flexibility index (Phi) is 4.57. The molecule has 2 N–H and O–H groups in total. The van der Waals surface area contributed by atoms with Gasteiger partial charge in [-0.3, -0.25) is 9.59 Å². The first-order valence-corrected chi connectivity index (χ1v) is 5.23. The lowest BCUT2D eigenvalue weighted by atomic mass is 10.3. The molecule has 16 heavy (non-hydrogen) atoms. The Morgan fingerprint density at radius 1 is 1.50 bits per heavy atom. The number of rotatable bonds is 5. The van der Waals surface area contributed by atoms with Crippen molar-refractivity contribution in [2.24, 2.45) is 0 Å². The first-order valence-electron chi connectivity index (χ1n) is 5.23. The second-order valence-electron chi connectivity index (χ2n) is 3.44. The molecule has 0 aliphatic heterocycles. The summed E-state index contributed by atoms with van der Waals surface area (Å²) in [5.41, 5.74) is 0. The minimum atomic E-state index is -0.526. The van der Waals surface area contributed by atoms with Gasteiger partial charge < -0.3 is 15.1 Å². The smallest absolute Gasteiger partial charge is 0.242 e. The van der Waals surface area contributed by atoms with Crippen molar-refractivity contribution < 1.29 is 14.0 Å². The Bertz CT molecular complexity index is 346. The maximum Gasteiger partial charge on any atom is 0.242 e. The summed E-state index contributed by atoms with van der Waals surface area (Å²) >= 11 is 0. The highest BCUT2D eigenvalue weighted by Crippen LogP contribution is 1.98. The van der Waals surface area contributed by atoms with Crippen molar-refractivity contribution in [3.8, 4) is 0 Å². The second kappa shape index (κ2) is 5.95. The van der Waals surface area contributed by atoms with Gasteiger partial charge in [0.15, 0.2) is 0 Å². The molecule has 88 valence electrons. The van der Waals surface area contributed by atoms with Crippen LogP contribution in [0.25, 0.3) is 0 Å². The van der Waals surface area contributed by atoms with E-state index in [1.54, 1.807) is 32.2 Å². The molecule has 1 aromatic heterocycles. The number of furan rings is 1. The van der Waals surface area contributed by atoms with E-state index in [-0.39, 0.29) is 11.8 Å². The number of carbonyl (C=O) groups excluding carboxylic acids is 2. The lowest BCUT2D eigenvalue weighted by Crippen LogP contribution is -2.44. The van der Waals surface area contributed by atoms with Crippen LogP contribution in [0.5, 0.6) is 0 Å². The quantitative estimate of drug-likeness (QED) is 0.777. The van der Waals surface area contributed by atoms with E-state index >= 15 is 0 Å². The predicted octanol–water partition coefficient (Wildman–Crippen LogP) is 0.810. The topological polar surface area (TPSA) is 71.3 Å². The number of hydrogen-bond acceptors (Lipinski definition) is 3. The summed E-state index contributed by atoms with van der Waals surface area (Å²) in [6, 6.07) is 3.00. The molecule has 0 fully saturated rings. The SMILES string of the molecule is CCC(=O)N[C@@H](C)C(=O)NCc1ccco1. The fourth-order valence-corrected chi connectivity index (χ4v) is 1.15. The third kappa shape index (κ3) is 3.76. The number of hydrogen-bond donors (Lipinski definition) is 2. The molecule has 1 heterocycles. The highest BCUT2D eigenvalue weighted by Gasteiger charge is 2.14. The van der Waals surface area contributed by atoms with E-state index in [0.29, 0.717) is 18.7 Å². The van der Waals surface area contributed by atoms with Crippen molar-refractivity contribution >= 4 is 11.8 Å². The first kappa shape index (κ1) is 12.3. The summed E-state index contributed by atoms with van der Waals surface area (Å²) in [5, 5.41) is 5.24. The van der Waals surface area contributed by atoms with Gasteiger partial charge in [-0.1, -0.05) is 6.92 Å². The zero-order chi connectivity index (χ0) is 12.0. The van der Waals surface area contributed by atoms with Crippen molar-refractivity contribution in [1.29, 1.82) is 0 Å². The molecule has 0 aliphatic carbocycles. The van der Waals surface area contributed by atoms with Gasteiger partial charge in [0.05, 0.1) is 12.8 Å². The molecule has 0 bridgehead atoms. The van der Waals surface area contributed by atoms with Crippen LogP contribution in [0, 0.1) is 0 Å². The molecule has 0 unspecified atom stereocenters. The average Bonchev–Trinajstić information content (AvgIpc) is 2.78. The molecular weight excluding hydrogens is 208 g/mol. The molecular formula is C11H16N2O3. The van der Waals surface area contributed by atoms with Gasteiger partial charge in [-0.2, -0.15) is 0 Å². The van der Waals surface area contributed by atoms with Crippen LogP contribution in [-0.4, -0.2) is 17.9 Å². The molecule has 1 rings (SSSR count). The Morgan fingerprint density at radius 3 is 2.81 bits per heavy atom. The van der Waals surface area contributed by atoms with Gasteiger partial charge >= 0.3 is 0 Å². The van der Waals surface area contributed by atoms with Crippen molar-refractivity contribution in [3.05, 3.63) is 24.2 Å². The van der Waals surface area contributed by atoms with Crippen molar-refractivity contribution in [3.63, 3.8) is 0 Å². The summed E-state index contributed by atoms with van der Waals surface area (Å²) in [4.78, 5) is 22.6. The fraction of sp³-hybridized carbons (Fsp3) is 0.455. The summed E-state index contributed by atoms with van der Waals surface area (Å²) in [6.45, 7) is 3.71. The van der Waals surface area contributed by atoms with Crippen LogP contribution in [0.3, 0.4) is 0 Å². The third-order valence-electron chi connectivity index (χ3n) is 2.11. The van der Waals surface area contributed by atoms with Crippen LogP contribution >= 0.6 is 0 Å². The largest absolute Gasteiger partial charge is 0.467 e. The molecule has 0 spiro atoms. The molecule has 0 radical (unpaired) electrons. The average molecular weight is 224 g/mol. The molecule has 0 saturated carbocycles. The Balaban J connectivity index is 2.31. The maximum absolute atomic E-state index is 11.5. The number of nitrogens with one attached hydrogen (secondary N) is 2. The standard InChI is InChI=1S/C11H16N2O3/c1-3-10(14)13-8(2)11(15)12-7-9-5-4-6-16-9/h4-6,8H,3,7H2,1-2H3,(H,12,15)(H,13,14)/t8-/m0/s1. The Labute approximate surface area is 94.2 Å². The van der Waals surface area contributed by atoms with Gasteiger partial charge in [0, 0.05) is 6.42 Å². The molecule has 1 atom stereocenters. The highest BCUT2D eigenvalue weighted by molar-refractivity contribution is 5.87. The van der Waals surface area contributed by atoms with Crippen LogP contribution < -0.4 is 10.6 Å². The lowest BCUT2D eigenvalue weighted by molar-refractivity contribution is -0.128. The van der Waals surface area contributed by atoms with Crippen LogP contribution in [-0.2, 0) is 16.1 Å². The number of amides is 2. The fourth-order valence-electron chi connectivity index (χ4n) is 1.15. The Hall–Kier alpha value is -1.78. The van der Waals surface area contributed by atoms with Crippen molar-refractivity contribution in [2.75, 3.05) is 0 Å². The van der Waals surface area contributed by atoms with E-state index in [0.717, 1.165) is 0 Å². The highest BCUT2D eigenvalue weighted by atomic mass is 16.3. The van der Waals surface area contributed by atoms with E-state index in [9.17, 15) is 9.59 Å². The lowest BCUT2D eigenvalue weighted by Gasteiger charge is -2.12. The van der Waals surface area contributed by atoms with Gasteiger partial charge in [-0.25, -0.2) is 0 Å². The predicted molar refractivity (Wildman–Crippen MR) is 58.5 cm³/mol. The molecule has 0 aliphatic rings. The van der Waals surface area contributed by atoms with Crippen LogP contribution in [0.4, 0.5) is 0 Å². The third-order valence-corrected chi connectivity index (χ3v) is 2.11. The monoisotopic (exact) mass is 224 g/mol. The molecule has 5 heteroatoms. The van der Waals surface area contributed by atoms with Crippen molar-refractivity contribution in [1.82, 2.24) is 10.6 Å². The summed E-state index contributed by atoms with van der Waals surface area (Å²) < 4.78 is 5.06. The van der Waals surface area contributed by atoms with Crippen LogP contribution in [0.2, 0.25) is 0 Å². The van der Waals surface area contributed by atoms with Gasteiger partial charge in [-0.05, 0) is 19.1 Å². The molecule has 0 aromatic carbocycles. The van der Waals surface area contributed by atoms with E-state index in [4.69, 9.17) is 4.42 Å². The molecule has 5 nitrogen and oxygen atoms in total. The second-order valence-corrected chi connectivity index (χ2v) is 3.44. The molecule has 2 amide bonds. The molecule has 1 aromatic rings. The van der Waals surface area contributed by atoms with E-state index < -0.39 is 6.04 Å². The van der Waals surface area contributed by atoms with Gasteiger partial charge in [0.1, 0.15) is 11.8 Å². The van der Waals surface area contributed by atoms with Gasteiger partial charge in [-0.15, -0.1) is 0 Å². The van der Waals surface area contributed by atoms with Gasteiger partial charge in [0.25, 0.3) is 0 Å². The van der Waals surface area contributed by atoms with Crippen molar-refractivity contribution in [2.45, 2.75) is 32.9 Å². The Morgan fingerprint density at radius 2 is 2.25 bits per heavy atom. The van der Waals surface area contributed by atoms with Gasteiger partial charge in [0.2, 0.25) is 11.8 Å². The summed E-state index contributed by atoms with van der Waals surface area (Å²) in [7, 11) is 0. The normalized spacial score (nSPS) is 11.9. The first-order chi connectivity index (χ1) is 7.63. The van der Waals surface area contributed by atoms with E-state index in [1.165, 1.54) is 0 Å². The minimum Gasteiger partial charge on any atom is -0.467 e. The maximum atomic E-state index is 11.5. The molecule has 0 saturated heterocycles. The van der Waals surface area contributed by atoms with Crippen LogP contribution in [0.1, 0.15) is 26.0 Å². The summed E-state index contributed by atoms with van der Waals surface area (Å²) in [5.74, 6) is 0.321. The van der Waals surface area contributed by atoms with E-state index in [1.807, 2.05) is 0 Å². The zero-order valence-corrected chi connectivity index (χ0v) is 9.45. The van der Waals surface area contributed by atoms with Crippen LogP contribution in [0.15, 0.2) is 22.8 Å².